The van der Waals surface area contributed by atoms with Gasteiger partial charge in [0.25, 0.3) is 5.91 Å². The number of nitrogens with one attached hydrogen (secondary N) is 1. The van der Waals surface area contributed by atoms with E-state index in [1.54, 1.807) is 6.92 Å². The second kappa shape index (κ2) is 6.36. The van der Waals surface area contributed by atoms with Gasteiger partial charge >= 0.3 is 0 Å². The van der Waals surface area contributed by atoms with Crippen LogP contribution in [0.25, 0.3) is 0 Å². The van der Waals surface area contributed by atoms with E-state index in [4.69, 9.17) is 10.3 Å². The maximum absolute atomic E-state index is 12.5. The number of nitrogens with zero attached hydrogens (tertiary/aromatic N) is 1. The summed E-state index contributed by atoms with van der Waals surface area (Å²) >= 11 is 0. The van der Waals surface area contributed by atoms with Gasteiger partial charge < -0.3 is 15.6 Å². The van der Waals surface area contributed by atoms with Crippen LogP contribution in [-0.4, -0.2) is 23.1 Å². The van der Waals surface area contributed by atoms with Crippen molar-refractivity contribution in [2.75, 3.05) is 0 Å². The van der Waals surface area contributed by atoms with Crippen molar-refractivity contribution in [2.24, 2.45) is 17.6 Å². The lowest BCUT2D eigenvalue weighted by Gasteiger charge is -2.45. The molecule has 2 saturated carbocycles. The molecule has 0 aromatic carbocycles. The summed E-state index contributed by atoms with van der Waals surface area (Å²) in [7, 11) is 0. The molecule has 5 nitrogen and oxygen atoms in total. The van der Waals surface area contributed by atoms with Crippen molar-refractivity contribution in [3.05, 3.63) is 17.0 Å². The van der Waals surface area contributed by atoms with Crippen LogP contribution in [0, 0.1) is 25.7 Å². The summed E-state index contributed by atoms with van der Waals surface area (Å²) in [6.45, 7) is 3.59. The van der Waals surface area contributed by atoms with Crippen LogP contribution in [0.15, 0.2) is 4.52 Å². The minimum absolute atomic E-state index is 0. The quantitative estimate of drug-likeness (QED) is 0.878. The SMILES string of the molecule is Cc1noc(C)c1C(=O)NC1C2CCCC1CC(N)C2.Cl. The van der Waals surface area contributed by atoms with Crippen LogP contribution in [0.4, 0.5) is 0 Å². The number of nitrogens with two attached hydrogens (primary N) is 1. The first kappa shape index (κ1) is 16.3. The zero-order chi connectivity index (χ0) is 14.3. The van der Waals surface area contributed by atoms with Crippen LogP contribution in [-0.2, 0) is 0 Å². The van der Waals surface area contributed by atoms with E-state index in [9.17, 15) is 4.79 Å². The number of hydrogen-bond donors (Lipinski definition) is 2. The number of carbonyl (C=O) groups is 1. The van der Waals surface area contributed by atoms with Gasteiger partial charge in [0.1, 0.15) is 11.3 Å². The Morgan fingerprint density at radius 1 is 1.29 bits per heavy atom. The van der Waals surface area contributed by atoms with Gasteiger partial charge in [-0.15, -0.1) is 12.4 Å². The summed E-state index contributed by atoms with van der Waals surface area (Å²) in [6, 6.07) is 0.572. The first-order valence-electron chi connectivity index (χ1n) is 7.55. The van der Waals surface area contributed by atoms with Crippen molar-refractivity contribution in [1.82, 2.24) is 10.5 Å². The molecule has 2 unspecified atom stereocenters. The van der Waals surface area contributed by atoms with Crippen molar-refractivity contribution >= 4 is 18.3 Å². The van der Waals surface area contributed by atoms with Crippen LogP contribution in [0.2, 0.25) is 0 Å². The standard InChI is InChI=1S/C15H23N3O2.ClH/c1-8-13(9(2)20-18-8)15(19)17-14-10-4-3-5-11(14)7-12(16)6-10;/h10-12,14H,3-7,16H2,1-2H3,(H,17,19);1H. The zero-order valence-corrected chi connectivity index (χ0v) is 13.4. The molecule has 2 aliphatic rings. The van der Waals surface area contributed by atoms with Gasteiger partial charge in [-0.3, -0.25) is 4.79 Å². The second-order valence-electron chi connectivity index (χ2n) is 6.38. The van der Waals surface area contributed by atoms with Gasteiger partial charge in [-0.25, -0.2) is 0 Å². The zero-order valence-electron chi connectivity index (χ0n) is 12.6. The fraction of sp³-hybridized carbons (Fsp3) is 0.733. The normalized spacial score (nSPS) is 31.4. The van der Waals surface area contributed by atoms with Gasteiger partial charge in [0.2, 0.25) is 0 Å². The number of amides is 1. The molecule has 0 aliphatic heterocycles. The number of fused-ring (bicyclic) bond motifs is 2. The highest BCUT2D eigenvalue weighted by atomic mass is 35.5. The Morgan fingerprint density at radius 2 is 1.90 bits per heavy atom. The van der Waals surface area contributed by atoms with Crippen LogP contribution < -0.4 is 11.1 Å². The molecular formula is C15H24ClN3O2. The Balaban J connectivity index is 0.00000161. The molecule has 2 fully saturated rings. The number of rotatable bonds is 2. The van der Waals surface area contributed by atoms with E-state index in [0.29, 0.717) is 34.9 Å². The molecule has 118 valence electrons. The van der Waals surface area contributed by atoms with Crippen molar-refractivity contribution in [3.63, 3.8) is 0 Å². The summed E-state index contributed by atoms with van der Waals surface area (Å²) in [6.07, 6.45) is 5.68. The smallest absolute Gasteiger partial charge is 0.257 e. The van der Waals surface area contributed by atoms with E-state index in [-0.39, 0.29) is 24.4 Å². The fourth-order valence-corrected chi connectivity index (χ4v) is 4.06. The molecule has 21 heavy (non-hydrogen) atoms. The topological polar surface area (TPSA) is 81.2 Å². The third-order valence-electron chi connectivity index (χ3n) is 4.93. The summed E-state index contributed by atoms with van der Waals surface area (Å²) in [5.74, 6) is 1.61. The fourth-order valence-electron chi connectivity index (χ4n) is 4.06. The molecule has 6 heteroatoms. The largest absolute Gasteiger partial charge is 0.361 e. The van der Waals surface area contributed by atoms with E-state index in [1.807, 2.05) is 6.92 Å². The van der Waals surface area contributed by atoms with Crippen LogP contribution in [0.1, 0.15) is 53.9 Å². The van der Waals surface area contributed by atoms with Gasteiger partial charge in [-0.05, 0) is 51.4 Å². The number of hydrogen-bond acceptors (Lipinski definition) is 4. The van der Waals surface area contributed by atoms with Crippen LogP contribution in [0.5, 0.6) is 0 Å². The highest BCUT2D eigenvalue weighted by Gasteiger charge is 2.40. The Bertz CT molecular complexity index is 484. The van der Waals surface area contributed by atoms with E-state index in [2.05, 4.69) is 10.5 Å². The molecule has 3 N–H and O–H groups in total. The van der Waals surface area contributed by atoms with Crippen molar-refractivity contribution in [3.8, 4) is 0 Å². The van der Waals surface area contributed by atoms with E-state index < -0.39 is 0 Å². The molecule has 2 bridgehead atoms. The third kappa shape index (κ3) is 3.09. The lowest BCUT2D eigenvalue weighted by atomic mass is 9.67. The second-order valence-corrected chi connectivity index (χ2v) is 6.38. The molecule has 1 amide bonds. The third-order valence-corrected chi connectivity index (χ3v) is 4.93. The molecule has 0 saturated heterocycles. The van der Waals surface area contributed by atoms with Gasteiger partial charge in [0, 0.05) is 12.1 Å². The molecule has 2 aliphatic carbocycles. The van der Waals surface area contributed by atoms with Gasteiger partial charge in [0.05, 0.1) is 5.69 Å². The van der Waals surface area contributed by atoms with E-state index >= 15 is 0 Å². The monoisotopic (exact) mass is 313 g/mol. The molecular weight excluding hydrogens is 290 g/mol. The van der Waals surface area contributed by atoms with Gasteiger partial charge in [-0.1, -0.05) is 11.6 Å². The Labute approximate surface area is 131 Å². The summed E-state index contributed by atoms with van der Waals surface area (Å²) in [5, 5.41) is 7.09. The molecule has 3 rings (SSSR count). The molecule has 1 aromatic heterocycles. The average molecular weight is 314 g/mol. The lowest BCUT2D eigenvalue weighted by Crippen LogP contribution is -2.53. The molecule has 2 atom stereocenters. The first-order valence-corrected chi connectivity index (χ1v) is 7.55. The molecule has 0 spiro atoms. The molecule has 0 radical (unpaired) electrons. The number of carbonyl (C=O) groups excluding carboxylic acids is 1. The summed E-state index contributed by atoms with van der Waals surface area (Å²) in [5.41, 5.74) is 7.38. The number of aryl methyl sites for hydroxylation is 2. The van der Waals surface area contributed by atoms with E-state index in [0.717, 1.165) is 12.8 Å². The van der Waals surface area contributed by atoms with Crippen LogP contribution >= 0.6 is 12.4 Å². The predicted octanol–water partition coefficient (Wildman–Crippen LogP) is 2.35. The minimum atomic E-state index is -0.0429. The highest BCUT2D eigenvalue weighted by molar-refractivity contribution is 5.96. The summed E-state index contributed by atoms with van der Waals surface area (Å²) in [4.78, 5) is 12.5. The number of aromatic nitrogens is 1. The molecule has 1 aromatic rings. The summed E-state index contributed by atoms with van der Waals surface area (Å²) < 4.78 is 5.09. The van der Waals surface area contributed by atoms with Crippen molar-refractivity contribution in [1.29, 1.82) is 0 Å². The average Bonchev–Trinajstić information content (AvgIpc) is 2.70. The maximum atomic E-state index is 12.5. The van der Waals surface area contributed by atoms with Gasteiger partial charge in [0.15, 0.2) is 0 Å². The van der Waals surface area contributed by atoms with E-state index in [1.165, 1.54) is 19.3 Å². The van der Waals surface area contributed by atoms with Crippen molar-refractivity contribution < 1.29 is 9.32 Å². The lowest BCUT2D eigenvalue weighted by molar-refractivity contribution is 0.0754. The highest BCUT2D eigenvalue weighted by Crippen LogP contribution is 2.39. The van der Waals surface area contributed by atoms with Gasteiger partial charge in [-0.2, -0.15) is 0 Å². The Morgan fingerprint density at radius 3 is 2.43 bits per heavy atom. The van der Waals surface area contributed by atoms with Crippen LogP contribution in [0.3, 0.4) is 0 Å². The van der Waals surface area contributed by atoms with Crippen molar-refractivity contribution in [2.45, 2.75) is 58.0 Å². The first-order chi connectivity index (χ1) is 9.56. The predicted molar refractivity (Wildman–Crippen MR) is 82.5 cm³/mol. The molecule has 1 heterocycles. The Hall–Kier alpha value is -1.07. The maximum Gasteiger partial charge on any atom is 0.257 e. The minimum Gasteiger partial charge on any atom is -0.361 e. The number of halogens is 1. The Kier molecular flexibility index (Phi) is 4.94.